The van der Waals surface area contributed by atoms with E-state index in [1.165, 1.54) is 14.2 Å². The van der Waals surface area contributed by atoms with E-state index in [4.69, 9.17) is 9.47 Å². The largest absolute Gasteiger partial charge is 0.465 e. The summed E-state index contributed by atoms with van der Waals surface area (Å²) in [4.78, 5) is 26.5. The molecule has 0 N–H and O–H groups in total. The number of ether oxygens (including phenoxy) is 2. The van der Waals surface area contributed by atoms with Crippen molar-refractivity contribution in [2.45, 2.75) is 6.04 Å². The third-order valence-corrected chi connectivity index (χ3v) is 4.19. The second-order valence-corrected chi connectivity index (χ2v) is 5.70. The lowest BCUT2D eigenvalue weighted by Crippen LogP contribution is -2.30. The first-order chi connectivity index (χ1) is 12.7. The topological polar surface area (TPSA) is 55.8 Å². The van der Waals surface area contributed by atoms with Crippen molar-refractivity contribution >= 4 is 17.6 Å². The van der Waals surface area contributed by atoms with Gasteiger partial charge in [-0.2, -0.15) is 0 Å². The number of methoxy groups -OCH3 is 2. The van der Waals surface area contributed by atoms with E-state index >= 15 is 0 Å². The zero-order valence-corrected chi connectivity index (χ0v) is 14.6. The van der Waals surface area contributed by atoms with Crippen LogP contribution in [0.5, 0.6) is 0 Å². The minimum atomic E-state index is -0.589. The van der Waals surface area contributed by atoms with Crippen molar-refractivity contribution in [1.29, 1.82) is 0 Å². The minimum Gasteiger partial charge on any atom is -0.465 e. The van der Waals surface area contributed by atoms with Crippen molar-refractivity contribution in [1.82, 2.24) is 0 Å². The van der Waals surface area contributed by atoms with Crippen LogP contribution in [0.4, 0.5) is 5.69 Å². The fourth-order valence-corrected chi connectivity index (χ4v) is 2.92. The third-order valence-electron chi connectivity index (χ3n) is 4.19. The van der Waals surface area contributed by atoms with Crippen LogP contribution in [0.15, 0.2) is 84.1 Å². The summed E-state index contributed by atoms with van der Waals surface area (Å²) in [6.45, 7) is 0. The highest BCUT2D eigenvalue weighted by Crippen LogP contribution is 2.35. The summed E-state index contributed by atoms with van der Waals surface area (Å²) >= 11 is 0. The van der Waals surface area contributed by atoms with Crippen molar-refractivity contribution in [3.05, 3.63) is 89.6 Å². The summed E-state index contributed by atoms with van der Waals surface area (Å²) in [7, 11) is 2.58. The molecule has 1 aliphatic rings. The highest BCUT2D eigenvalue weighted by atomic mass is 16.5. The van der Waals surface area contributed by atoms with Crippen LogP contribution in [0.25, 0.3) is 0 Å². The van der Waals surface area contributed by atoms with Gasteiger partial charge in [-0.05, 0) is 23.8 Å². The van der Waals surface area contributed by atoms with Crippen molar-refractivity contribution in [2.24, 2.45) is 0 Å². The zero-order chi connectivity index (χ0) is 18.5. The van der Waals surface area contributed by atoms with Crippen LogP contribution in [-0.2, 0) is 19.1 Å². The van der Waals surface area contributed by atoms with Gasteiger partial charge >= 0.3 is 11.9 Å². The van der Waals surface area contributed by atoms with Crippen molar-refractivity contribution in [2.75, 3.05) is 19.1 Å². The molecule has 1 unspecified atom stereocenters. The molecule has 0 amide bonds. The van der Waals surface area contributed by atoms with Crippen LogP contribution >= 0.6 is 0 Å². The molecule has 0 fully saturated rings. The Bertz CT molecular complexity index is 783. The molecule has 3 rings (SSSR count). The molecule has 5 heteroatoms. The molecule has 132 valence electrons. The fraction of sp³-hybridized carbons (Fsp3) is 0.143. The van der Waals surface area contributed by atoms with Gasteiger partial charge in [-0.1, -0.05) is 48.5 Å². The van der Waals surface area contributed by atoms with E-state index in [0.717, 1.165) is 11.3 Å². The summed E-state index contributed by atoms with van der Waals surface area (Å²) < 4.78 is 9.72. The van der Waals surface area contributed by atoms with E-state index in [1.54, 1.807) is 12.3 Å². The molecule has 26 heavy (non-hydrogen) atoms. The van der Waals surface area contributed by atoms with Crippen LogP contribution in [0.3, 0.4) is 0 Å². The number of carbonyl (C=O) groups is 2. The van der Waals surface area contributed by atoms with Gasteiger partial charge in [-0.25, -0.2) is 9.59 Å². The summed E-state index contributed by atoms with van der Waals surface area (Å²) in [6, 6.07) is 19.1. The fourth-order valence-electron chi connectivity index (χ4n) is 2.92. The number of para-hydroxylation sites is 1. The molecule has 0 saturated heterocycles. The van der Waals surface area contributed by atoms with Gasteiger partial charge in [0.25, 0.3) is 0 Å². The van der Waals surface area contributed by atoms with Gasteiger partial charge in [-0.3, -0.25) is 0 Å². The highest BCUT2D eigenvalue weighted by molar-refractivity contribution is 6.08. The normalized spacial score (nSPS) is 16.4. The van der Waals surface area contributed by atoms with E-state index in [9.17, 15) is 9.59 Å². The summed E-state index contributed by atoms with van der Waals surface area (Å²) in [6.07, 6.45) is 3.38. The summed E-state index contributed by atoms with van der Waals surface area (Å²) in [5.41, 5.74) is 2.23. The van der Waals surface area contributed by atoms with Gasteiger partial charge in [0, 0.05) is 11.9 Å². The number of esters is 2. The molecule has 2 aromatic carbocycles. The lowest BCUT2D eigenvalue weighted by molar-refractivity contribution is -0.139. The molecule has 0 radical (unpaired) electrons. The van der Waals surface area contributed by atoms with E-state index in [-0.39, 0.29) is 17.2 Å². The Hall–Kier alpha value is -3.34. The van der Waals surface area contributed by atoms with Gasteiger partial charge < -0.3 is 14.4 Å². The Morgan fingerprint density at radius 1 is 0.808 bits per heavy atom. The zero-order valence-electron chi connectivity index (χ0n) is 14.6. The molecule has 1 atom stereocenters. The van der Waals surface area contributed by atoms with Crippen LogP contribution in [0.1, 0.15) is 11.6 Å². The number of rotatable bonds is 4. The smallest absolute Gasteiger partial charge is 0.340 e. The van der Waals surface area contributed by atoms with E-state index in [1.807, 2.05) is 65.6 Å². The monoisotopic (exact) mass is 349 g/mol. The quantitative estimate of drug-likeness (QED) is 0.792. The Balaban J connectivity index is 2.16. The second-order valence-electron chi connectivity index (χ2n) is 5.70. The maximum Gasteiger partial charge on any atom is 0.340 e. The lowest BCUT2D eigenvalue weighted by Gasteiger charge is -2.33. The van der Waals surface area contributed by atoms with Crippen LogP contribution in [-0.4, -0.2) is 26.2 Å². The van der Waals surface area contributed by atoms with Crippen molar-refractivity contribution in [3.8, 4) is 0 Å². The van der Waals surface area contributed by atoms with Crippen LogP contribution in [0.2, 0.25) is 0 Å². The van der Waals surface area contributed by atoms with Crippen LogP contribution < -0.4 is 4.90 Å². The van der Waals surface area contributed by atoms with Gasteiger partial charge in [0.2, 0.25) is 0 Å². The van der Waals surface area contributed by atoms with Gasteiger partial charge in [0.1, 0.15) is 0 Å². The van der Waals surface area contributed by atoms with Gasteiger partial charge in [-0.15, -0.1) is 0 Å². The van der Waals surface area contributed by atoms with Crippen molar-refractivity contribution in [3.63, 3.8) is 0 Å². The molecule has 2 aromatic rings. The standard InChI is InChI=1S/C21H19NO4/c1-25-20(23)17-13-19(15-9-5-3-6-10-15)22(14-18(17)21(24)26-2)16-11-7-4-8-12-16/h3-14,19H,1-2H3. The molecule has 1 heterocycles. The Morgan fingerprint density at radius 2 is 1.35 bits per heavy atom. The number of carbonyl (C=O) groups excluding carboxylic acids is 2. The SMILES string of the molecule is COC(=O)C1=CC(c2ccccc2)N(c2ccccc2)C=C1C(=O)OC. The van der Waals surface area contributed by atoms with Gasteiger partial charge in [0.05, 0.1) is 31.4 Å². The number of anilines is 1. The first-order valence-corrected chi connectivity index (χ1v) is 8.14. The van der Waals surface area contributed by atoms with Crippen LogP contribution in [0, 0.1) is 0 Å². The summed E-state index contributed by atoms with van der Waals surface area (Å²) in [5, 5.41) is 0. The Labute approximate surface area is 152 Å². The van der Waals surface area contributed by atoms with Crippen molar-refractivity contribution < 1.29 is 19.1 Å². The number of hydrogen-bond donors (Lipinski definition) is 0. The summed E-state index contributed by atoms with van der Waals surface area (Å²) in [5.74, 6) is -1.16. The second kappa shape index (κ2) is 7.70. The maximum absolute atomic E-state index is 12.3. The average molecular weight is 349 g/mol. The molecular weight excluding hydrogens is 330 g/mol. The molecule has 1 aliphatic heterocycles. The van der Waals surface area contributed by atoms with E-state index in [2.05, 4.69) is 0 Å². The molecule has 0 aromatic heterocycles. The maximum atomic E-state index is 12.3. The Kier molecular flexibility index (Phi) is 5.17. The highest BCUT2D eigenvalue weighted by Gasteiger charge is 2.32. The number of nitrogens with zero attached hydrogens (tertiary/aromatic N) is 1. The molecule has 5 nitrogen and oxygen atoms in total. The number of benzene rings is 2. The molecule has 0 bridgehead atoms. The molecule has 0 spiro atoms. The Morgan fingerprint density at radius 3 is 1.92 bits per heavy atom. The first-order valence-electron chi connectivity index (χ1n) is 8.14. The lowest BCUT2D eigenvalue weighted by atomic mass is 9.94. The third kappa shape index (κ3) is 3.37. The van der Waals surface area contributed by atoms with E-state index in [0.29, 0.717) is 0 Å². The predicted molar refractivity (Wildman–Crippen MR) is 98.3 cm³/mol. The average Bonchev–Trinajstić information content (AvgIpc) is 2.73. The predicted octanol–water partition coefficient (Wildman–Crippen LogP) is 3.40. The van der Waals surface area contributed by atoms with E-state index < -0.39 is 11.9 Å². The molecule has 0 saturated carbocycles. The van der Waals surface area contributed by atoms with Gasteiger partial charge in [0.15, 0.2) is 0 Å². The molecular formula is C21H19NO4. The minimum absolute atomic E-state index is 0.162. The first kappa shape index (κ1) is 17.5. The molecule has 0 aliphatic carbocycles. The number of hydrogen-bond acceptors (Lipinski definition) is 5.